The summed E-state index contributed by atoms with van der Waals surface area (Å²) in [5, 5.41) is 5.82. The van der Waals surface area contributed by atoms with Gasteiger partial charge in [-0.2, -0.15) is 0 Å². The number of hydrogen-bond donors (Lipinski definition) is 2. The Morgan fingerprint density at radius 1 is 1.07 bits per heavy atom. The molecular weight excluding hydrogens is 362 g/mol. The number of ether oxygens (including phenoxy) is 1. The lowest BCUT2D eigenvalue weighted by molar-refractivity contribution is -0.130. The summed E-state index contributed by atoms with van der Waals surface area (Å²) in [6.07, 6.45) is 0. The number of carbonyl (C=O) groups is 2. The lowest BCUT2D eigenvalue weighted by Crippen LogP contribution is -2.39. The maximum Gasteiger partial charge on any atom is 0.245 e. The van der Waals surface area contributed by atoms with Crippen molar-refractivity contribution in [1.29, 1.82) is 0 Å². The Morgan fingerprint density at radius 2 is 1.81 bits per heavy atom. The first-order valence-corrected chi connectivity index (χ1v) is 9.34. The Hall–Kier alpha value is -2.93. The van der Waals surface area contributed by atoms with E-state index in [1.807, 2.05) is 48.5 Å². The number of para-hydroxylation sites is 1. The summed E-state index contributed by atoms with van der Waals surface area (Å²) in [4.78, 5) is 28.3. The normalized spacial score (nSPS) is 11.2. The molecule has 0 radical (unpaired) electrons. The molecule has 0 unspecified atom stereocenters. The number of thiazole rings is 1. The molecular formula is C20H21N3O3S. The number of fused-ring (bicyclic) bond motifs is 1. The molecule has 1 heterocycles. The van der Waals surface area contributed by atoms with Gasteiger partial charge in [-0.05, 0) is 24.3 Å². The smallest absolute Gasteiger partial charge is 0.245 e. The van der Waals surface area contributed by atoms with Crippen LogP contribution in [0, 0.1) is 5.41 Å². The lowest BCUT2D eigenvalue weighted by atomic mass is 9.96. The van der Waals surface area contributed by atoms with E-state index >= 15 is 0 Å². The minimum Gasteiger partial charge on any atom is -0.457 e. The molecule has 3 aromatic rings. The van der Waals surface area contributed by atoms with Gasteiger partial charge in [0.15, 0.2) is 5.13 Å². The van der Waals surface area contributed by atoms with Crippen molar-refractivity contribution in [3.05, 3.63) is 48.5 Å². The molecule has 0 atom stereocenters. The molecule has 140 valence electrons. The molecule has 3 rings (SSSR count). The van der Waals surface area contributed by atoms with Crippen molar-refractivity contribution in [2.45, 2.75) is 20.8 Å². The number of nitrogens with zero attached hydrogens (tertiary/aromatic N) is 1. The van der Waals surface area contributed by atoms with Gasteiger partial charge < -0.3 is 15.4 Å². The Kier molecular flexibility index (Phi) is 5.41. The Labute approximate surface area is 161 Å². The van der Waals surface area contributed by atoms with Crippen LogP contribution in [-0.2, 0) is 9.59 Å². The van der Waals surface area contributed by atoms with Gasteiger partial charge >= 0.3 is 0 Å². The molecule has 2 aromatic carbocycles. The van der Waals surface area contributed by atoms with Gasteiger partial charge in [0.1, 0.15) is 11.5 Å². The number of rotatable bonds is 5. The molecule has 0 aliphatic carbocycles. The molecule has 0 aliphatic heterocycles. The molecule has 0 aliphatic rings. The van der Waals surface area contributed by atoms with Crippen LogP contribution < -0.4 is 15.4 Å². The van der Waals surface area contributed by atoms with Crippen molar-refractivity contribution >= 4 is 38.5 Å². The second-order valence-corrected chi connectivity index (χ2v) is 8.08. The van der Waals surface area contributed by atoms with Crippen molar-refractivity contribution in [1.82, 2.24) is 10.3 Å². The Bertz CT molecular complexity index is 962. The van der Waals surface area contributed by atoms with E-state index in [0.29, 0.717) is 10.9 Å². The van der Waals surface area contributed by atoms with Crippen LogP contribution >= 0.6 is 11.3 Å². The number of aromatic nitrogens is 1. The van der Waals surface area contributed by atoms with Crippen molar-refractivity contribution in [3.8, 4) is 11.5 Å². The zero-order chi connectivity index (χ0) is 19.4. The van der Waals surface area contributed by atoms with Crippen LogP contribution in [-0.4, -0.2) is 23.3 Å². The predicted molar refractivity (Wildman–Crippen MR) is 107 cm³/mol. The van der Waals surface area contributed by atoms with Gasteiger partial charge in [-0.15, -0.1) is 0 Å². The highest BCUT2D eigenvalue weighted by Crippen LogP contribution is 2.31. The predicted octanol–water partition coefficient (Wildman–Crippen LogP) is 4.19. The van der Waals surface area contributed by atoms with Gasteiger partial charge in [0.2, 0.25) is 11.8 Å². The molecule has 2 amide bonds. The van der Waals surface area contributed by atoms with Crippen LogP contribution in [0.1, 0.15) is 20.8 Å². The standard InChI is InChI=1S/C20H21N3O3S/c1-20(2,3)18(25)21-12-17(24)23-19-22-15-10-9-14(11-16(15)27-19)26-13-7-5-4-6-8-13/h4-11H,12H2,1-3H3,(H,21,25)(H,22,23,24). The van der Waals surface area contributed by atoms with E-state index in [1.165, 1.54) is 11.3 Å². The van der Waals surface area contributed by atoms with Gasteiger partial charge in [0.25, 0.3) is 0 Å². The third-order valence-corrected chi connectivity index (χ3v) is 4.61. The molecule has 0 saturated carbocycles. The van der Waals surface area contributed by atoms with Gasteiger partial charge in [-0.25, -0.2) is 4.98 Å². The van der Waals surface area contributed by atoms with E-state index in [-0.39, 0.29) is 18.4 Å². The van der Waals surface area contributed by atoms with E-state index in [2.05, 4.69) is 15.6 Å². The fourth-order valence-corrected chi connectivity index (χ4v) is 3.15. The second kappa shape index (κ2) is 7.75. The molecule has 2 N–H and O–H groups in total. The molecule has 0 bridgehead atoms. The van der Waals surface area contributed by atoms with Crippen LogP contribution in [0.3, 0.4) is 0 Å². The average Bonchev–Trinajstić information content (AvgIpc) is 3.01. The minimum absolute atomic E-state index is 0.0889. The van der Waals surface area contributed by atoms with Crippen molar-refractivity contribution in [2.24, 2.45) is 5.41 Å². The van der Waals surface area contributed by atoms with Crippen LogP contribution in [0.2, 0.25) is 0 Å². The highest BCUT2D eigenvalue weighted by Gasteiger charge is 2.21. The van der Waals surface area contributed by atoms with E-state index in [9.17, 15) is 9.59 Å². The third-order valence-electron chi connectivity index (χ3n) is 3.68. The zero-order valence-electron chi connectivity index (χ0n) is 15.4. The van der Waals surface area contributed by atoms with Crippen LogP contribution in [0.5, 0.6) is 11.5 Å². The highest BCUT2D eigenvalue weighted by atomic mass is 32.1. The number of hydrogen-bond acceptors (Lipinski definition) is 5. The average molecular weight is 383 g/mol. The molecule has 6 nitrogen and oxygen atoms in total. The first-order chi connectivity index (χ1) is 12.8. The zero-order valence-corrected chi connectivity index (χ0v) is 16.2. The van der Waals surface area contributed by atoms with Crippen LogP contribution in [0.4, 0.5) is 5.13 Å². The van der Waals surface area contributed by atoms with Gasteiger partial charge in [0.05, 0.1) is 16.8 Å². The summed E-state index contributed by atoms with van der Waals surface area (Å²) in [6.45, 7) is 5.29. The third kappa shape index (κ3) is 5.04. The van der Waals surface area contributed by atoms with Gasteiger partial charge in [0, 0.05) is 11.5 Å². The van der Waals surface area contributed by atoms with E-state index in [1.54, 1.807) is 20.8 Å². The number of nitrogens with one attached hydrogen (secondary N) is 2. The first kappa shape index (κ1) is 18.8. The minimum atomic E-state index is -0.536. The summed E-state index contributed by atoms with van der Waals surface area (Å²) in [5.41, 5.74) is 0.236. The Balaban J connectivity index is 1.64. The number of anilines is 1. The van der Waals surface area contributed by atoms with E-state index < -0.39 is 5.41 Å². The SMILES string of the molecule is CC(C)(C)C(=O)NCC(=O)Nc1nc2ccc(Oc3ccccc3)cc2s1. The molecule has 0 fully saturated rings. The van der Waals surface area contributed by atoms with Crippen molar-refractivity contribution < 1.29 is 14.3 Å². The fourth-order valence-electron chi connectivity index (χ4n) is 2.24. The number of benzene rings is 2. The molecule has 1 aromatic heterocycles. The summed E-state index contributed by atoms with van der Waals surface area (Å²) in [5.74, 6) is 0.967. The topological polar surface area (TPSA) is 80.3 Å². The maximum absolute atomic E-state index is 12.0. The summed E-state index contributed by atoms with van der Waals surface area (Å²) >= 11 is 1.35. The molecule has 0 spiro atoms. The second-order valence-electron chi connectivity index (χ2n) is 7.04. The monoisotopic (exact) mass is 383 g/mol. The van der Waals surface area contributed by atoms with E-state index in [0.717, 1.165) is 16.0 Å². The maximum atomic E-state index is 12.0. The van der Waals surface area contributed by atoms with Gasteiger partial charge in [-0.3, -0.25) is 9.59 Å². The molecule has 7 heteroatoms. The summed E-state index contributed by atoms with van der Waals surface area (Å²) in [7, 11) is 0. The molecule has 0 saturated heterocycles. The van der Waals surface area contributed by atoms with Crippen LogP contribution in [0.15, 0.2) is 48.5 Å². The largest absolute Gasteiger partial charge is 0.457 e. The molecule has 27 heavy (non-hydrogen) atoms. The van der Waals surface area contributed by atoms with Crippen LogP contribution in [0.25, 0.3) is 10.2 Å². The lowest BCUT2D eigenvalue weighted by Gasteiger charge is -2.17. The summed E-state index contributed by atoms with van der Waals surface area (Å²) in [6, 6.07) is 15.1. The Morgan fingerprint density at radius 3 is 2.52 bits per heavy atom. The van der Waals surface area contributed by atoms with Crippen molar-refractivity contribution in [3.63, 3.8) is 0 Å². The van der Waals surface area contributed by atoms with Crippen molar-refractivity contribution in [2.75, 3.05) is 11.9 Å². The fraction of sp³-hybridized carbons (Fsp3) is 0.250. The number of carbonyl (C=O) groups excluding carboxylic acids is 2. The van der Waals surface area contributed by atoms with Gasteiger partial charge in [-0.1, -0.05) is 50.3 Å². The quantitative estimate of drug-likeness (QED) is 0.692. The first-order valence-electron chi connectivity index (χ1n) is 8.53. The highest BCUT2D eigenvalue weighted by molar-refractivity contribution is 7.22. The summed E-state index contributed by atoms with van der Waals surface area (Å²) < 4.78 is 6.72. The van der Waals surface area contributed by atoms with E-state index in [4.69, 9.17) is 4.74 Å². The number of amides is 2.